The Bertz CT molecular complexity index is 1010. The highest BCUT2D eigenvalue weighted by Crippen LogP contribution is 2.31. The topological polar surface area (TPSA) is 103 Å². The van der Waals surface area contributed by atoms with Crippen LogP contribution in [0.25, 0.3) is 0 Å². The van der Waals surface area contributed by atoms with E-state index in [1.54, 1.807) is 36.0 Å². The van der Waals surface area contributed by atoms with Crippen LogP contribution in [0.1, 0.15) is 74.7 Å². The van der Waals surface area contributed by atoms with Crippen LogP contribution in [-0.4, -0.2) is 81.3 Å². The number of ether oxygens (including phenoxy) is 1. The average Bonchev–Trinajstić information content (AvgIpc) is 3.25. The van der Waals surface area contributed by atoms with Crippen molar-refractivity contribution in [2.24, 2.45) is 11.8 Å². The maximum absolute atomic E-state index is 13.5. The zero-order valence-corrected chi connectivity index (χ0v) is 21.0. The second kappa shape index (κ2) is 10.5. The SMILES string of the molecule is C[C@H](CO)N1C[C@H](C)[C@H](CN(C)C(=O)C2CCC2)Oc2ncc(C#CC3(O)CCCC3)cc2C1=O. The first kappa shape index (κ1) is 25.5. The molecule has 8 nitrogen and oxygen atoms in total. The Labute approximate surface area is 207 Å². The summed E-state index contributed by atoms with van der Waals surface area (Å²) in [6.07, 6.45) is 7.35. The number of hydrogen-bond donors (Lipinski definition) is 2. The van der Waals surface area contributed by atoms with Crippen molar-refractivity contribution in [3.8, 4) is 17.7 Å². The van der Waals surface area contributed by atoms with Crippen LogP contribution < -0.4 is 4.74 Å². The van der Waals surface area contributed by atoms with Crippen LogP contribution in [-0.2, 0) is 4.79 Å². The highest BCUT2D eigenvalue weighted by Gasteiger charge is 2.36. The van der Waals surface area contributed by atoms with Gasteiger partial charge < -0.3 is 24.7 Å². The molecule has 0 saturated heterocycles. The lowest BCUT2D eigenvalue weighted by molar-refractivity contribution is -0.138. The lowest BCUT2D eigenvalue weighted by atomic mass is 9.84. The molecular weight excluding hydrogens is 446 g/mol. The molecule has 2 fully saturated rings. The van der Waals surface area contributed by atoms with E-state index < -0.39 is 5.60 Å². The average molecular weight is 484 g/mol. The summed E-state index contributed by atoms with van der Waals surface area (Å²) in [6, 6.07) is 1.27. The monoisotopic (exact) mass is 483 g/mol. The third-order valence-corrected chi connectivity index (χ3v) is 7.68. The molecule has 0 aromatic carbocycles. The number of rotatable bonds is 5. The highest BCUT2D eigenvalue weighted by atomic mass is 16.5. The Kier molecular flexibility index (Phi) is 7.67. The van der Waals surface area contributed by atoms with E-state index in [4.69, 9.17) is 4.74 Å². The number of pyridine rings is 1. The van der Waals surface area contributed by atoms with Gasteiger partial charge >= 0.3 is 0 Å². The van der Waals surface area contributed by atoms with E-state index in [0.717, 1.165) is 32.1 Å². The van der Waals surface area contributed by atoms with Crippen molar-refractivity contribution in [1.82, 2.24) is 14.8 Å². The predicted molar refractivity (Wildman–Crippen MR) is 131 cm³/mol. The van der Waals surface area contributed by atoms with Gasteiger partial charge in [-0.05, 0) is 51.5 Å². The van der Waals surface area contributed by atoms with E-state index in [1.807, 2.05) is 6.92 Å². The van der Waals surface area contributed by atoms with Crippen LogP contribution in [0.2, 0.25) is 0 Å². The van der Waals surface area contributed by atoms with Crippen molar-refractivity contribution in [3.05, 3.63) is 23.4 Å². The van der Waals surface area contributed by atoms with Crippen molar-refractivity contribution in [2.45, 2.75) is 76.5 Å². The molecule has 2 heterocycles. The molecule has 0 bridgehead atoms. The van der Waals surface area contributed by atoms with Crippen LogP contribution in [0.3, 0.4) is 0 Å². The van der Waals surface area contributed by atoms with E-state index >= 15 is 0 Å². The smallest absolute Gasteiger partial charge is 0.259 e. The number of aliphatic hydroxyl groups excluding tert-OH is 1. The Morgan fingerprint density at radius 1 is 1.34 bits per heavy atom. The normalized spacial score (nSPS) is 24.7. The molecule has 35 heavy (non-hydrogen) atoms. The third-order valence-electron chi connectivity index (χ3n) is 7.68. The van der Waals surface area contributed by atoms with Crippen LogP contribution in [0.5, 0.6) is 5.88 Å². The Morgan fingerprint density at radius 3 is 2.69 bits per heavy atom. The maximum atomic E-state index is 13.5. The highest BCUT2D eigenvalue weighted by molar-refractivity contribution is 5.97. The van der Waals surface area contributed by atoms with E-state index in [-0.39, 0.29) is 53.8 Å². The number of carbonyl (C=O) groups excluding carboxylic acids is 2. The van der Waals surface area contributed by atoms with Crippen LogP contribution in [0.15, 0.2) is 12.3 Å². The minimum atomic E-state index is -0.986. The molecule has 0 spiro atoms. The van der Waals surface area contributed by atoms with E-state index in [2.05, 4.69) is 16.8 Å². The summed E-state index contributed by atoms with van der Waals surface area (Å²) in [6.45, 7) is 4.40. The second-order valence-corrected chi connectivity index (χ2v) is 10.5. The molecule has 2 amide bonds. The van der Waals surface area contributed by atoms with Gasteiger partial charge in [0.2, 0.25) is 11.8 Å². The first-order valence-corrected chi connectivity index (χ1v) is 12.8. The number of aromatic nitrogens is 1. The summed E-state index contributed by atoms with van der Waals surface area (Å²) in [5, 5.41) is 20.4. The first-order valence-electron chi connectivity index (χ1n) is 12.8. The lowest BCUT2D eigenvalue weighted by Crippen LogP contribution is -2.51. The number of aliphatic hydroxyl groups is 2. The lowest BCUT2D eigenvalue weighted by Gasteiger charge is -2.38. The minimum Gasteiger partial charge on any atom is -0.472 e. The molecule has 3 atom stereocenters. The first-order chi connectivity index (χ1) is 16.7. The molecule has 8 heteroatoms. The summed E-state index contributed by atoms with van der Waals surface area (Å²) in [4.78, 5) is 34.1. The molecule has 1 aromatic rings. The van der Waals surface area contributed by atoms with E-state index in [0.29, 0.717) is 31.5 Å². The summed E-state index contributed by atoms with van der Waals surface area (Å²) < 4.78 is 6.27. The van der Waals surface area contributed by atoms with Crippen LogP contribution in [0, 0.1) is 23.7 Å². The van der Waals surface area contributed by atoms with Gasteiger partial charge in [0, 0.05) is 37.2 Å². The largest absolute Gasteiger partial charge is 0.472 e. The zero-order valence-electron chi connectivity index (χ0n) is 21.0. The van der Waals surface area contributed by atoms with Crippen molar-refractivity contribution in [1.29, 1.82) is 0 Å². The van der Waals surface area contributed by atoms with Crippen LogP contribution in [0.4, 0.5) is 0 Å². The van der Waals surface area contributed by atoms with E-state index in [9.17, 15) is 19.8 Å². The van der Waals surface area contributed by atoms with Gasteiger partial charge in [0.05, 0.1) is 19.2 Å². The predicted octanol–water partition coefficient (Wildman–Crippen LogP) is 2.22. The quantitative estimate of drug-likeness (QED) is 0.623. The Hall–Kier alpha value is -2.63. The standard InChI is InChI=1S/C27H37N3O5/c1-18-15-30(19(2)17-31)26(33)22-13-20(9-12-27(34)10-4-5-11-27)14-28-24(22)35-23(18)16-29(3)25(32)21-7-6-8-21/h13-14,18-19,21,23,31,34H,4-8,10-11,15-17H2,1-3H3/t18-,19+,23-/m0/s1. The summed E-state index contributed by atoms with van der Waals surface area (Å²) in [5.41, 5.74) is -0.180. The molecule has 2 saturated carbocycles. The number of carbonyl (C=O) groups is 2. The molecule has 2 N–H and O–H groups in total. The molecule has 0 radical (unpaired) electrons. The Morgan fingerprint density at radius 2 is 2.06 bits per heavy atom. The zero-order chi connectivity index (χ0) is 25.2. The summed E-state index contributed by atoms with van der Waals surface area (Å²) in [5.74, 6) is 6.02. The number of likely N-dealkylation sites (N-methyl/N-ethyl adjacent to an activating group) is 1. The van der Waals surface area contributed by atoms with Crippen molar-refractivity contribution in [2.75, 3.05) is 26.7 Å². The van der Waals surface area contributed by atoms with Crippen molar-refractivity contribution >= 4 is 11.8 Å². The molecule has 2 aliphatic carbocycles. The number of fused-ring (bicyclic) bond motifs is 1. The van der Waals surface area contributed by atoms with Gasteiger partial charge in [-0.25, -0.2) is 4.98 Å². The molecule has 1 aliphatic heterocycles. The van der Waals surface area contributed by atoms with Crippen molar-refractivity contribution < 1.29 is 24.5 Å². The maximum Gasteiger partial charge on any atom is 0.259 e. The molecule has 0 unspecified atom stereocenters. The van der Waals surface area contributed by atoms with Gasteiger partial charge in [-0.1, -0.05) is 25.2 Å². The molecule has 4 rings (SSSR count). The van der Waals surface area contributed by atoms with Gasteiger partial charge in [-0.3, -0.25) is 9.59 Å². The fraction of sp³-hybridized carbons (Fsp3) is 0.667. The molecular formula is C27H37N3O5. The third kappa shape index (κ3) is 5.62. The van der Waals surface area contributed by atoms with Gasteiger partial charge in [0.15, 0.2) is 0 Å². The van der Waals surface area contributed by atoms with Gasteiger partial charge in [0.1, 0.15) is 17.3 Å². The van der Waals surface area contributed by atoms with Gasteiger partial charge in [-0.2, -0.15) is 0 Å². The second-order valence-electron chi connectivity index (χ2n) is 10.5. The minimum absolute atomic E-state index is 0.0874. The molecule has 3 aliphatic rings. The van der Waals surface area contributed by atoms with Gasteiger partial charge in [-0.15, -0.1) is 0 Å². The number of hydrogen-bond acceptors (Lipinski definition) is 6. The molecule has 1 aromatic heterocycles. The van der Waals surface area contributed by atoms with E-state index in [1.165, 1.54) is 0 Å². The fourth-order valence-corrected chi connectivity index (χ4v) is 4.99. The molecule has 190 valence electrons. The van der Waals surface area contributed by atoms with Crippen molar-refractivity contribution in [3.63, 3.8) is 0 Å². The number of amides is 2. The van der Waals surface area contributed by atoms with Gasteiger partial charge in [0.25, 0.3) is 5.91 Å². The Balaban J connectivity index is 1.63. The van der Waals surface area contributed by atoms with Crippen LogP contribution >= 0.6 is 0 Å². The number of nitrogens with zero attached hydrogens (tertiary/aromatic N) is 3. The fourth-order valence-electron chi connectivity index (χ4n) is 4.99. The summed E-state index contributed by atoms with van der Waals surface area (Å²) in [7, 11) is 1.80. The summed E-state index contributed by atoms with van der Waals surface area (Å²) >= 11 is 0.